The van der Waals surface area contributed by atoms with Crippen molar-refractivity contribution in [3.05, 3.63) is 23.8 Å². The highest BCUT2D eigenvalue weighted by Gasteiger charge is 2.21. The van der Waals surface area contributed by atoms with Crippen LogP contribution in [0.2, 0.25) is 0 Å². The number of rotatable bonds is 7. The van der Waals surface area contributed by atoms with Crippen LogP contribution in [0.3, 0.4) is 0 Å². The number of fused-ring (bicyclic) bond motifs is 1. The first-order valence-electron chi connectivity index (χ1n) is 7.36. The lowest BCUT2D eigenvalue weighted by Gasteiger charge is -2.27. The molecule has 0 saturated heterocycles. The molecule has 112 valence electrons. The molecule has 1 aliphatic rings. The minimum atomic E-state index is 0.308. The van der Waals surface area contributed by atoms with Crippen LogP contribution in [-0.2, 0) is 4.74 Å². The standard InChI is InChI=1S/C16H25NO3/c1-12(2)19-9-4-8-17-15-7-10-20-16-6-5-13(18-3)11-14(15)16/h5-6,11-12,15,17H,4,7-10H2,1-3H3. The Morgan fingerprint density at radius 2 is 2.25 bits per heavy atom. The summed E-state index contributed by atoms with van der Waals surface area (Å²) in [4.78, 5) is 0. The fourth-order valence-electron chi connectivity index (χ4n) is 2.38. The van der Waals surface area contributed by atoms with Gasteiger partial charge in [-0.2, -0.15) is 0 Å². The molecule has 0 amide bonds. The maximum Gasteiger partial charge on any atom is 0.124 e. The van der Waals surface area contributed by atoms with Crippen molar-refractivity contribution in [3.63, 3.8) is 0 Å². The molecule has 0 bridgehead atoms. The average molecular weight is 279 g/mol. The molecule has 2 rings (SSSR count). The summed E-state index contributed by atoms with van der Waals surface area (Å²) in [6.07, 6.45) is 2.32. The topological polar surface area (TPSA) is 39.7 Å². The van der Waals surface area contributed by atoms with Crippen molar-refractivity contribution in [2.75, 3.05) is 26.9 Å². The van der Waals surface area contributed by atoms with Gasteiger partial charge >= 0.3 is 0 Å². The minimum Gasteiger partial charge on any atom is -0.497 e. The van der Waals surface area contributed by atoms with Crippen molar-refractivity contribution in [2.45, 2.75) is 38.8 Å². The fraction of sp³-hybridized carbons (Fsp3) is 0.625. The number of ether oxygens (including phenoxy) is 3. The SMILES string of the molecule is COc1ccc2c(c1)C(NCCCOC(C)C)CCO2. The number of hydrogen-bond acceptors (Lipinski definition) is 4. The summed E-state index contributed by atoms with van der Waals surface area (Å²) in [6.45, 7) is 6.65. The van der Waals surface area contributed by atoms with E-state index in [9.17, 15) is 0 Å². The van der Waals surface area contributed by atoms with E-state index in [-0.39, 0.29) is 0 Å². The summed E-state index contributed by atoms with van der Waals surface area (Å²) in [5.74, 6) is 1.84. The zero-order valence-electron chi connectivity index (χ0n) is 12.6. The summed E-state index contributed by atoms with van der Waals surface area (Å²) >= 11 is 0. The van der Waals surface area contributed by atoms with Crippen LogP contribution in [0.5, 0.6) is 11.5 Å². The molecule has 1 aromatic rings. The molecule has 1 aliphatic heterocycles. The Balaban J connectivity index is 1.87. The third-order valence-electron chi connectivity index (χ3n) is 3.42. The molecule has 1 N–H and O–H groups in total. The molecule has 0 saturated carbocycles. The Kier molecular flexibility index (Phi) is 5.68. The van der Waals surface area contributed by atoms with Crippen LogP contribution in [0.25, 0.3) is 0 Å². The van der Waals surface area contributed by atoms with Gasteiger partial charge in [0.1, 0.15) is 11.5 Å². The van der Waals surface area contributed by atoms with Crippen LogP contribution >= 0.6 is 0 Å². The lowest BCUT2D eigenvalue weighted by molar-refractivity contribution is 0.0764. The van der Waals surface area contributed by atoms with Gasteiger partial charge in [-0.25, -0.2) is 0 Å². The first kappa shape index (κ1) is 15.1. The van der Waals surface area contributed by atoms with Crippen LogP contribution in [0, 0.1) is 0 Å². The highest BCUT2D eigenvalue weighted by Crippen LogP contribution is 2.34. The molecule has 4 heteroatoms. The number of benzene rings is 1. The van der Waals surface area contributed by atoms with Gasteiger partial charge < -0.3 is 19.5 Å². The van der Waals surface area contributed by atoms with Crippen LogP contribution in [-0.4, -0.2) is 33.0 Å². The monoisotopic (exact) mass is 279 g/mol. The average Bonchev–Trinajstić information content (AvgIpc) is 2.46. The highest BCUT2D eigenvalue weighted by atomic mass is 16.5. The van der Waals surface area contributed by atoms with E-state index in [4.69, 9.17) is 14.2 Å². The Morgan fingerprint density at radius 3 is 3.00 bits per heavy atom. The third kappa shape index (κ3) is 4.12. The van der Waals surface area contributed by atoms with Gasteiger partial charge in [0.2, 0.25) is 0 Å². The predicted octanol–water partition coefficient (Wildman–Crippen LogP) is 2.92. The molecule has 0 fully saturated rings. The van der Waals surface area contributed by atoms with E-state index in [2.05, 4.69) is 25.2 Å². The Hall–Kier alpha value is -1.26. The summed E-state index contributed by atoms with van der Waals surface area (Å²) in [5.41, 5.74) is 1.19. The summed E-state index contributed by atoms with van der Waals surface area (Å²) in [7, 11) is 1.69. The minimum absolute atomic E-state index is 0.308. The summed E-state index contributed by atoms with van der Waals surface area (Å²) < 4.78 is 16.5. The largest absolute Gasteiger partial charge is 0.497 e. The summed E-state index contributed by atoms with van der Waals surface area (Å²) in [5, 5.41) is 3.59. The van der Waals surface area contributed by atoms with E-state index < -0.39 is 0 Å². The smallest absolute Gasteiger partial charge is 0.124 e. The second kappa shape index (κ2) is 7.50. The van der Waals surface area contributed by atoms with Gasteiger partial charge in [0, 0.05) is 24.6 Å². The normalized spacial score (nSPS) is 17.7. The molecular formula is C16H25NO3. The Bertz CT molecular complexity index is 420. The molecule has 1 unspecified atom stereocenters. The molecule has 1 atom stereocenters. The molecule has 20 heavy (non-hydrogen) atoms. The van der Waals surface area contributed by atoms with Crippen LogP contribution in [0.15, 0.2) is 18.2 Å². The number of hydrogen-bond donors (Lipinski definition) is 1. The lowest BCUT2D eigenvalue weighted by Crippen LogP contribution is -2.28. The molecule has 0 aliphatic carbocycles. The molecule has 1 aromatic carbocycles. The maximum atomic E-state index is 5.69. The fourth-order valence-corrected chi connectivity index (χ4v) is 2.38. The first-order chi connectivity index (χ1) is 9.70. The van der Waals surface area contributed by atoms with Gasteiger partial charge in [-0.1, -0.05) is 0 Å². The molecule has 0 radical (unpaired) electrons. The van der Waals surface area contributed by atoms with Gasteiger partial charge in [-0.15, -0.1) is 0 Å². The van der Waals surface area contributed by atoms with Crippen LogP contribution < -0.4 is 14.8 Å². The van der Waals surface area contributed by atoms with E-state index in [1.807, 2.05) is 12.1 Å². The van der Waals surface area contributed by atoms with Crippen molar-refractivity contribution >= 4 is 0 Å². The van der Waals surface area contributed by atoms with Crippen molar-refractivity contribution < 1.29 is 14.2 Å². The zero-order chi connectivity index (χ0) is 14.4. The van der Waals surface area contributed by atoms with E-state index in [1.54, 1.807) is 7.11 Å². The third-order valence-corrected chi connectivity index (χ3v) is 3.42. The van der Waals surface area contributed by atoms with Crippen LogP contribution in [0.4, 0.5) is 0 Å². The van der Waals surface area contributed by atoms with E-state index in [1.165, 1.54) is 5.56 Å². The van der Waals surface area contributed by atoms with Crippen molar-refractivity contribution in [1.82, 2.24) is 5.32 Å². The van der Waals surface area contributed by atoms with Crippen molar-refractivity contribution in [2.24, 2.45) is 0 Å². The Labute approximate surface area is 121 Å². The highest BCUT2D eigenvalue weighted by molar-refractivity contribution is 5.43. The van der Waals surface area contributed by atoms with Gasteiger partial charge in [0.15, 0.2) is 0 Å². The van der Waals surface area contributed by atoms with Gasteiger partial charge in [0.25, 0.3) is 0 Å². The second-order valence-electron chi connectivity index (χ2n) is 5.32. The predicted molar refractivity (Wildman–Crippen MR) is 79.6 cm³/mol. The number of nitrogens with one attached hydrogen (secondary N) is 1. The van der Waals surface area contributed by atoms with Crippen LogP contribution in [0.1, 0.15) is 38.3 Å². The molecule has 1 heterocycles. The maximum absolute atomic E-state index is 5.69. The molecule has 0 aromatic heterocycles. The quantitative estimate of drug-likeness (QED) is 0.779. The van der Waals surface area contributed by atoms with Crippen molar-refractivity contribution in [3.8, 4) is 11.5 Å². The molecular weight excluding hydrogens is 254 g/mol. The first-order valence-corrected chi connectivity index (χ1v) is 7.36. The van der Waals surface area contributed by atoms with E-state index in [0.29, 0.717) is 12.1 Å². The Morgan fingerprint density at radius 1 is 1.40 bits per heavy atom. The van der Waals surface area contributed by atoms with Crippen molar-refractivity contribution in [1.29, 1.82) is 0 Å². The second-order valence-corrected chi connectivity index (χ2v) is 5.32. The molecule has 0 spiro atoms. The van der Waals surface area contributed by atoms with Gasteiger partial charge in [0.05, 0.1) is 19.8 Å². The lowest BCUT2D eigenvalue weighted by atomic mass is 10.00. The van der Waals surface area contributed by atoms with E-state index in [0.717, 1.165) is 44.1 Å². The van der Waals surface area contributed by atoms with Gasteiger partial charge in [-0.05, 0) is 45.0 Å². The summed E-state index contributed by atoms with van der Waals surface area (Å²) in [6, 6.07) is 6.34. The number of methoxy groups -OCH3 is 1. The van der Waals surface area contributed by atoms with Gasteiger partial charge in [-0.3, -0.25) is 0 Å². The molecule has 4 nitrogen and oxygen atoms in total. The van der Waals surface area contributed by atoms with E-state index >= 15 is 0 Å². The zero-order valence-corrected chi connectivity index (χ0v) is 12.6.